The van der Waals surface area contributed by atoms with Crippen molar-refractivity contribution in [3.8, 4) is 10.6 Å². The number of nitrogens with zero attached hydrogens (tertiary/aromatic N) is 1. The molecule has 2 aromatic heterocycles. The Kier molecular flexibility index (Phi) is 5.17. The average molecular weight is 345 g/mol. The van der Waals surface area contributed by atoms with Crippen LogP contribution >= 0.6 is 22.7 Å². The third kappa shape index (κ3) is 4.04. The first-order chi connectivity index (χ1) is 11.3. The zero-order valence-corrected chi connectivity index (χ0v) is 14.2. The molecule has 0 unspecified atom stereocenters. The number of rotatable bonds is 6. The molecular weight excluding hydrogens is 330 g/mol. The maximum absolute atomic E-state index is 12.1. The summed E-state index contributed by atoms with van der Waals surface area (Å²) in [5.74, 6) is -0.354. The molecule has 1 aromatic carbocycles. The first-order valence-corrected chi connectivity index (χ1v) is 8.80. The van der Waals surface area contributed by atoms with Crippen LogP contribution < -0.4 is 0 Å². The van der Waals surface area contributed by atoms with Gasteiger partial charge in [-0.1, -0.05) is 12.1 Å². The Morgan fingerprint density at radius 2 is 2.13 bits per heavy atom. The molecule has 3 rings (SSSR count). The Labute approximate surface area is 142 Å². The zero-order chi connectivity index (χ0) is 16.1. The Hall–Kier alpha value is -2.02. The second-order valence-corrected chi connectivity index (χ2v) is 6.50. The number of esters is 1. The second kappa shape index (κ2) is 7.50. The van der Waals surface area contributed by atoms with E-state index in [0.29, 0.717) is 12.2 Å². The molecule has 0 spiro atoms. The van der Waals surface area contributed by atoms with Crippen LogP contribution in [0.15, 0.2) is 46.5 Å². The minimum absolute atomic E-state index is 0.175. The Bertz CT molecular complexity index is 781. The Morgan fingerprint density at radius 1 is 1.22 bits per heavy atom. The van der Waals surface area contributed by atoms with Gasteiger partial charge in [0.1, 0.15) is 11.6 Å². The number of aromatic nitrogens is 1. The van der Waals surface area contributed by atoms with Crippen molar-refractivity contribution < 1.29 is 14.3 Å². The number of hydrogen-bond acceptors (Lipinski definition) is 6. The van der Waals surface area contributed by atoms with E-state index >= 15 is 0 Å². The van der Waals surface area contributed by atoms with Gasteiger partial charge in [-0.15, -0.1) is 11.3 Å². The molecule has 0 saturated heterocycles. The van der Waals surface area contributed by atoms with Crippen LogP contribution in [0, 0.1) is 0 Å². The molecule has 0 saturated carbocycles. The normalized spacial score (nSPS) is 10.7. The molecular formula is C17H15NO3S2. The Morgan fingerprint density at radius 3 is 2.91 bits per heavy atom. The van der Waals surface area contributed by atoms with E-state index in [0.717, 1.165) is 21.8 Å². The predicted octanol–water partition coefficient (Wildman–Crippen LogP) is 4.38. The van der Waals surface area contributed by atoms with Crippen LogP contribution in [-0.4, -0.2) is 18.1 Å². The van der Waals surface area contributed by atoms with Gasteiger partial charge in [0.15, 0.2) is 0 Å². The van der Waals surface area contributed by atoms with Gasteiger partial charge in [0.05, 0.1) is 17.9 Å². The highest BCUT2D eigenvalue weighted by atomic mass is 32.1. The smallest absolute Gasteiger partial charge is 0.338 e. The molecule has 0 aliphatic rings. The molecule has 3 aromatic rings. The topological polar surface area (TPSA) is 48.4 Å². The Balaban J connectivity index is 1.62. The number of thiazole rings is 1. The number of carbonyl (C=O) groups is 1. The van der Waals surface area contributed by atoms with Crippen molar-refractivity contribution in [1.29, 1.82) is 0 Å². The molecule has 0 aliphatic carbocycles. The van der Waals surface area contributed by atoms with Crippen LogP contribution in [0.3, 0.4) is 0 Å². The van der Waals surface area contributed by atoms with Gasteiger partial charge in [0, 0.05) is 23.4 Å². The highest BCUT2D eigenvalue weighted by Crippen LogP contribution is 2.26. The summed E-state index contributed by atoms with van der Waals surface area (Å²) in [5.41, 5.74) is 3.32. The van der Waals surface area contributed by atoms with Crippen molar-refractivity contribution in [2.24, 2.45) is 0 Å². The lowest BCUT2D eigenvalue weighted by molar-refractivity contribution is 0.0468. The SMILES string of the molecule is COCc1cccc(C(=O)OCc2csc(-c3ccsc3)n2)c1. The van der Waals surface area contributed by atoms with E-state index in [9.17, 15) is 4.79 Å². The van der Waals surface area contributed by atoms with E-state index < -0.39 is 0 Å². The van der Waals surface area contributed by atoms with E-state index in [4.69, 9.17) is 9.47 Å². The van der Waals surface area contributed by atoms with Crippen molar-refractivity contribution in [3.63, 3.8) is 0 Å². The zero-order valence-electron chi connectivity index (χ0n) is 12.5. The fourth-order valence-corrected chi connectivity index (χ4v) is 3.59. The fourth-order valence-electron chi connectivity index (χ4n) is 2.07. The molecule has 23 heavy (non-hydrogen) atoms. The van der Waals surface area contributed by atoms with Gasteiger partial charge < -0.3 is 9.47 Å². The highest BCUT2D eigenvalue weighted by Gasteiger charge is 2.10. The van der Waals surface area contributed by atoms with Crippen LogP contribution in [-0.2, 0) is 22.7 Å². The number of ether oxygens (including phenoxy) is 2. The second-order valence-electron chi connectivity index (χ2n) is 4.87. The molecule has 2 heterocycles. The quantitative estimate of drug-likeness (QED) is 0.622. The highest BCUT2D eigenvalue weighted by molar-refractivity contribution is 7.14. The van der Waals surface area contributed by atoms with Crippen molar-refractivity contribution in [3.05, 3.63) is 63.3 Å². The van der Waals surface area contributed by atoms with E-state index in [1.165, 1.54) is 0 Å². The van der Waals surface area contributed by atoms with Gasteiger partial charge in [-0.25, -0.2) is 9.78 Å². The van der Waals surface area contributed by atoms with Crippen LogP contribution in [0.5, 0.6) is 0 Å². The molecule has 0 bridgehead atoms. The molecule has 6 heteroatoms. The molecule has 0 aliphatic heterocycles. The summed E-state index contributed by atoms with van der Waals surface area (Å²) in [6, 6.07) is 9.28. The molecule has 0 atom stereocenters. The number of carbonyl (C=O) groups excluding carboxylic acids is 1. The summed E-state index contributed by atoms with van der Waals surface area (Å²) in [7, 11) is 1.62. The number of hydrogen-bond donors (Lipinski definition) is 0. The number of methoxy groups -OCH3 is 1. The van der Waals surface area contributed by atoms with Crippen molar-refractivity contribution in [2.75, 3.05) is 7.11 Å². The van der Waals surface area contributed by atoms with E-state index in [1.54, 1.807) is 41.9 Å². The van der Waals surface area contributed by atoms with E-state index in [1.807, 2.05) is 29.0 Å². The fraction of sp³-hybridized carbons (Fsp3) is 0.176. The summed E-state index contributed by atoms with van der Waals surface area (Å²) in [4.78, 5) is 16.6. The van der Waals surface area contributed by atoms with Crippen LogP contribution in [0.25, 0.3) is 10.6 Å². The molecule has 4 nitrogen and oxygen atoms in total. The minimum atomic E-state index is -0.354. The van der Waals surface area contributed by atoms with Crippen LogP contribution in [0.2, 0.25) is 0 Å². The van der Waals surface area contributed by atoms with Crippen molar-refractivity contribution in [1.82, 2.24) is 4.98 Å². The van der Waals surface area contributed by atoms with Gasteiger partial charge in [-0.2, -0.15) is 11.3 Å². The lowest BCUT2D eigenvalue weighted by Crippen LogP contribution is -2.06. The van der Waals surface area contributed by atoms with E-state index in [2.05, 4.69) is 10.4 Å². The van der Waals surface area contributed by atoms with Gasteiger partial charge in [0.25, 0.3) is 0 Å². The monoisotopic (exact) mass is 345 g/mol. The lowest BCUT2D eigenvalue weighted by Gasteiger charge is -2.05. The van der Waals surface area contributed by atoms with Crippen molar-refractivity contribution in [2.45, 2.75) is 13.2 Å². The summed E-state index contributed by atoms with van der Waals surface area (Å²) >= 11 is 3.19. The standard InChI is InChI=1S/C17H15NO3S2/c1-20-8-12-3-2-4-13(7-12)17(19)21-9-15-11-23-16(18-15)14-5-6-22-10-14/h2-7,10-11H,8-9H2,1H3. The van der Waals surface area contributed by atoms with Crippen molar-refractivity contribution >= 4 is 28.6 Å². The first-order valence-electron chi connectivity index (χ1n) is 6.98. The summed E-state index contributed by atoms with van der Waals surface area (Å²) < 4.78 is 10.4. The van der Waals surface area contributed by atoms with Crippen LogP contribution in [0.4, 0.5) is 0 Å². The third-order valence-electron chi connectivity index (χ3n) is 3.14. The lowest BCUT2D eigenvalue weighted by atomic mass is 10.1. The minimum Gasteiger partial charge on any atom is -0.456 e. The molecule has 0 N–H and O–H groups in total. The molecule has 118 valence electrons. The van der Waals surface area contributed by atoms with Crippen LogP contribution in [0.1, 0.15) is 21.6 Å². The first kappa shape index (κ1) is 15.9. The number of thiophene rings is 1. The maximum Gasteiger partial charge on any atom is 0.338 e. The largest absolute Gasteiger partial charge is 0.456 e. The average Bonchev–Trinajstić information content (AvgIpc) is 3.24. The van der Waals surface area contributed by atoms with Gasteiger partial charge in [0.2, 0.25) is 0 Å². The number of benzene rings is 1. The predicted molar refractivity (Wildman–Crippen MR) is 91.7 cm³/mol. The summed E-state index contributed by atoms with van der Waals surface area (Å²) in [5, 5.41) is 6.93. The molecule has 0 amide bonds. The molecule has 0 radical (unpaired) electrons. The van der Waals surface area contributed by atoms with Gasteiger partial charge >= 0.3 is 5.97 Å². The molecule has 0 fully saturated rings. The van der Waals surface area contributed by atoms with Gasteiger partial charge in [-0.05, 0) is 29.1 Å². The maximum atomic E-state index is 12.1. The van der Waals surface area contributed by atoms with E-state index in [-0.39, 0.29) is 12.6 Å². The summed E-state index contributed by atoms with van der Waals surface area (Å²) in [6.45, 7) is 0.644. The summed E-state index contributed by atoms with van der Waals surface area (Å²) in [6.07, 6.45) is 0. The third-order valence-corrected chi connectivity index (χ3v) is 4.77. The van der Waals surface area contributed by atoms with Gasteiger partial charge in [-0.3, -0.25) is 0 Å².